The van der Waals surface area contributed by atoms with Crippen LogP contribution in [0, 0.1) is 5.82 Å². The average molecular weight is 421 g/mol. The number of benzene rings is 2. The Balaban J connectivity index is 1.70. The zero-order valence-corrected chi connectivity index (χ0v) is 17.3. The van der Waals surface area contributed by atoms with Crippen molar-refractivity contribution in [1.82, 2.24) is 9.97 Å². The summed E-state index contributed by atoms with van der Waals surface area (Å²) < 4.78 is 25.6. The fraction of sp³-hybridized carbons (Fsp3) is 0.130. The van der Waals surface area contributed by atoms with Gasteiger partial charge in [0.05, 0.1) is 6.42 Å². The minimum absolute atomic E-state index is 0.105. The van der Waals surface area contributed by atoms with Crippen molar-refractivity contribution in [3.05, 3.63) is 82.9 Å². The first-order valence-electron chi connectivity index (χ1n) is 9.37. The first kappa shape index (κ1) is 20.0. The minimum Gasteiger partial charge on any atom is -0.331 e. The van der Waals surface area contributed by atoms with Crippen LogP contribution < -0.4 is 5.32 Å². The second-order valence-electron chi connectivity index (χ2n) is 7.04. The lowest BCUT2D eigenvalue weighted by atomic mass is 10.0. The quantitative estimate of drug-likeness (QED) is 0.630. The van der Waals surface area contributed by atoms with E-state index in [1.54, 1.807) is 24.7 Å². The summed E-state index contributed by atoms with van der Waals surface area (Å²) in [6, 6.07) is 12.1. The maximum absolute atomic E-state index is 14.0. The maximum Gasteiger partial charge on any atom is 0.231 e. The molecule has 3 aromatic rings. The van der Waals surface area contributed by atoms with Crippen molar-refractivity contribution >= 4 is 39.9 Å². The van der Waals surface area contributed by atoms with Crippen LogP contribution in [0.15, 0.2) is 65.3 Å². The normalized spacial score (nSPS) is 15.4. The number of carbonyl (C=O) groups excluding carboxylic acids is 1. The Kier molecular flexibility index (Phi) is 5.46. The Morgan fingerprint density at radius 1 is 1.20 bits per heavy atom. The number of hydrogen-bond acceptors (Lipinski definition) is 3. The fourth-order valence-electron chi connectivity index (χ4n) is 3.57. The molecule has 5 nitrogen and oxygen atoms in total. The van der Waals surface area contributed by atoms with E-state index in [4.69, 9.17) is 0 Å². The van der Waals surface area contributed by atoms with E-state index < -0.39 is 10.8 Å². The van der Waals surface area contributed by atoms with Crippen LogP contribution >= 0.6 is 0 Å². The Morgan fingerprint density at radius 2 is 1.97 bits per heavy atom. The second kappa shape index (κ2) is 8.20. The van der Waals surface area contributed by atoms with Crippen LogP contribution in [0.2, 0.25) is 0 Å². The highest BCUT2D eigenvalue weighted by Gasteiger charge is 2.26. The molecule has 0 aliphatic heterocycles. The van der Waals surface area contributed by atoms with Gasteiger partial charge in [0, 0.05) is 34.3 Å². The predicted molar refractivity (Wildman–Crippen MR) is 117 cm³/mol. The molecule has 1 unspecified atom stereocenters. The highest BCUT2D eigenvalue weighted by atomic mass is 32.2. The van der Waals surface area contributed by atoms with E-state index in [0.717, 1.165) is 38.3 Å². The number of aromatic amines is 1. The largest absolute Gasteiger partial charge is 0.331 e. The van der Waals surface area contributed by atoms with E-state index >= 15 is 0 Å². The van der Waals surface area contributed by atoms with Crippen LogP contribution in [0.1, 0.15) is 30.0 Å². The summed E-state index contributed by atoms with van der Waals surface area (Å²) in [6.45, 7) is 1.94. The molecule has 0 bridgehead atoms. The number of anilines is 1. The van der Waals surface area contributed by atoms with Crippen LogP contribution in [0.3, 0.4) is 0 Å². The van der Waals surface area contributed by atoms with E-state index in [0.29, 0.717) is 5.95 Å². The first-order chi connectivity index (χ1) is 14.4. The van der Waals surface area contributed by atoms with Crippen molar-refractivity contribution in [2.45, 2.75) is 18.2 Å². The Hall–Kier alpha value is -3.32. The number of hydrogen-bond donors (Lipinski definition) is 2. The number of H-pyrrole nitrogens is 1. The molecule has 2 N–H and O–H groups in total. The van der Waals surface area contributed by atoms with Crippen LogP contribution in [0.4, 0.5) is 10.3 Å². The van der Waals surface area contributed by atoms with Crippen LogP contribution in [-0.4, -0.2) is 26.3 Å². The van der Waals surface area contributed by atoms with Crippen molar-refractivity contribution in [2.75, 3.05) is 11.6 Å². The Morgan fingerprint density at radius 3 is 2.63 bits per heavy atom. The second-order valence-corrected chi connectivity index (χ2v) is 8.42. The van der Waals surface area contributed by atoms with E-state index in [1.165, 1.54) is 12.1 Å². The molecule has 1 aliphatic carbocycles. The molecule has 1 atom stereocenters. The van der Waals surface area contributed by atoms with E-state index in [9.17, 15) is 13.4 Å². The van der Waals surface area contributed by atoms with Crippen LogP contribution in [0.5, 0.6) is 0 Å². The molecule has 0 saturated heterocycles. The van der Waals surface area contributed by atoms with Crippen molar-refractivity contribution in [3.63, 3.8) is 0 Å². The topological polar surface area (TPSA) is 74.8 Å². The van der Waals surface area contributed by atoms with Gasteiger partial charge in [0.1, 0.15) is 5.82 Å². The van der Waals surface area contributed by atoms with E-state index in [1.807, 2.05) is 37.3 Å². The van der Waals surface area contributed by atoms with Gasteiger partial charge in [-0.25, -0.2) is 9.37 Å². The first-order valence-corrected chi connectivity index (χ1v) is 10.9. The molecule has 152 valence electrons. The zero-order valence-electron chi connectivity index (χ0n) is 16.5. The molecule has 0 saturated carbocycles. The number of allylic oxidation sites excluding steroid dienone is 2. The van der Waals surface area contributed by atoms with Gasteiger partial charge in [0.15, 0.2) is 0 Å². The molecule has 1 aliphatic rings. The molecule has 1 aromatic heterocycles. The molecule has 1 amide bonds. The van der Waals surface area contributed by atoms with Crippen molar-refractivity contribution in [1.29, 1.82) is 0 Å². The van der Waals surface area contributed by atoms with Gasteiger partial charge in [0.2, 0.25) is 11.9 Å². The molecule has 30 heavy (non-hydrogen) atoms. The van der Waals surface area contributed by atoms with Gasteiger partial charge in [-0.3, -0.25) is 14.3 Å². The lowest BCUT2D eigenvalue weighted by molar-refractivity contribution is -0.115. The summed E-state index contributed by atoms with van der Waals surface area (Å²) in [6.07, 6.45) is 6.93. The maximum atomic E-state index is 14.0. The SMILES string of the molecule is CC1=C(CC(=O)Nc2ncc[nH]2)c2cc(F)ccc2/C1=C\c1ccc(S(C)=O)cc1. The highest BCUT2D eigenvalue weighted by Crippen LogP contribution is 2.43. The zero-order chi connectivity index (χ0) is 21.3. The number of imidazole rings is 1. The van der Waals surface area contributed by atoms with Crippen LogP contribution in [0.25, 0.3) is 17.2 Å². The van der Waals surface area contributed by atoms with Gasteiger partial charge in [-0.1, -0.05) is 18.2 Å². The van der Waals surface area contributed by atoms with Crippen molar-refractivity contribution in [3.8, 4) is 0 Å². The summed E-state index contributed by atoms with van der Waals surface area (Å²) in [7, 11) is -1.04. The third kappa shape index (κ3) is 4.02. The lowest BCUT2D eigenvalue weighted by Crippen LogP contribution is -2.13. The van der Waals surface area contributed by atoms with E-state index in [-0.39, 0.29) is 18.1 Å². The van der Waals surface area contributed by atoms with Gasteiger partial charge < -0.3 is 4.98 Å². The smallest absolute Gasteiger partial charge is 0.231 e. The number of amides is 1. The highest BCUT2D eigenvalue weighted by molar-refractivity contribution is 7.84. The van der Waals surface area contributed by atoms with Gasteiger partial charge in [-0.2, -0.15) is 0 Å². The minimum atomic E-state index is -1.04. The molecule has 4 rings (SSSR count). The molecule has 1 heterocycles. The summed E-state index contributed by atoms with van der Waals surface area (Å²) in [5.74, 6) is -0.202. The number of fused-ring (bicyclic) bond motifs is 1. The van der Waals surface area contributed by atoms with Gasteiger partial charge in [-0.15, -0.1) is 0 Å². The third-order valence-electron chi connectivity index (χ3n) is 5.07. The molecule has 7 heteroatoms. The standard InChI is InChI=1S/C23H20FN3O2S/c1-14-19(11-15-3-6-17(7-4-15)30(2)29)18-8-5-16(24)12-21(18)20(14)13-22(28)27-23-25-9-10-26-23/h3-12H,13H2,1-2H3,(H2,25,26,27,28)/b19-11-. The monoisotopic (exact) mass is 421 g/mol. The van der Waals surface area contributed by atoms with Crippen molar-refractivity contribution in [2.24, 2.45) is 0 Å². The number of carbonyl (C=O) groups is 1. The number of nitrogens with zero attached hydrogens (tertiary/aromatic N) is 1. The van der Waals surface area contributed by atoms with Crippen molar-refractivity contribution < 1.29 is 13.4 Å². The molecule has 2 aromatic carbocycles. The Bertz CT molecular complexity index is 1200. The molecular formula is C23H20FN3O2S. The third-order valence-corrected chi connectivity index (χ3v) is 6.01. The van der Waals surface area contributed by atoms with Gasteiger partial charge in [0.25, 0.3) is 0 Å². The Labute approximate surface area is 176 Å². The van der Waals surface area contributed by atoms with Crippen LogP contribution in [-0.2, 0) is 15.6 Å². The average Bonchev–Trinajstić information content (AvgIpc) is 3.31. The molecule has 0 radical (unpaired) electrons. The summed E-state index contributed by atoms with van der Waals surface area (Å²) in [5, 5.41) is 2.71. The summed E-state index contributed by atoms with van der Waals surface area (Å²) >= 11 is 0. The number of aromatic nitrogens is 2. The number of nitrogens with one attached hydrogen (secondary N) is 2. The number of rotatable bonds is 5. The molecule has 0 fully saturated rings. The number of halogens is 1. The fourth-order valence-corrected chi connectivity index (χ4v) is 4.09. The van der Waals surface area contributed by atoms with E-state index in [2.05, 4.69) is 15.3 Å². The predicted octanol–water partition coefficient (Wildman–Crippen LogP) is 4.64. The summed E-state index contributed by atoms with van der Waals surface area (Å²) in [4.78, 5) is 20.1. The summed E-state index contributed by atoms with van der Waals surface area (Å²) in [5.41, 5.74) is 5.20. The lowest BCUT2D eigenvalue weighted by Gasteiger charge is -2.06. The van der Waals surface area contributed by atoms with Gasteiger partial charge in [-0.05, 0) is 70.7 Å². The van der Waals surface area contributed by atoms with Gasteiger partial charge >= 0.3 is 0 Å². The molecule has 0 spiro atoms. The molecular weight excluding hydrogens is 401 g/mol.